The first kappa shape index (κ1) is 28.0. The Morgan fingerprint density at radius 1 is 1.06 bits per heavy atom. The Balaban J connectivity index is 0.000000770. The molecular weight excluding hydrogens is 444 g/mol. The van der Waals surface area contributed by atoms with E-state index in [0.29, 0.717) is 22.1 Å². The molecule has 178 valence electrons. The van der Waals surface area contributed by atoms with Crippen molar-refractivity contribution in [2.24, 2.45) is 5.73 Å². The molecule has 0 fully saturated rings. The van der Waals surface area contributed by atoms with E-state index >= 15 is 0 Å². The molecule has 0 aliphatic rings. The van der Waals surface area contributed by atoms with E-state index in [9.17, 15) is 8.42 Å². The molecule has 0 radical (unpaired) electrons. The summed E-state index contributed by atoms with van der Waals surface area (Å²) in [5.41, 5.74) is 7.68. The summed E-state index contributed by atoms with van der Waals surface area (Å²) in [4.78, 5) is 0.701. The number of rotatable bonds is 8. The zero-order chi connectivity index (χ0) is 23.0. The van der Waals surface area contributed by atoms with Gasteiger partial charge in [0.15, 0.2) is 0 Å². The van der Waals surface area contributed by atoms with Crippen LogP contribution < -0.4 is 10.5 Å². The Bertz CT molecular complexity index is 1070. The van der Waals surface area contributed by atoms with Crippen molar-refractivity contribution in [1.82, 2.24) is 4.40 Å². The average molecular weight is 481 g/mol. The molecule has 0 aliphatic carbocycles. The lowest BCUT2D eigenvalue weighted by atomic mass is 10.1. The largest absolute Gasteiger partial charge is 0.494 e. The molecule has 0 spiro atoms. The van der Waals surface area contributed by atoms with Gasteiger partial charge in [-0.15, -0.1) is 12.4 Å². The highest BCUT2D eigenvalue weighted by atomic mass is 35.5. The van der Waals surface area contributed by atoms with Crippen molar-refractivity contribution in [1.29, 1.82) is 0 Å². The van der Waals surface area contributed by atoms with Crippen LogP contribution in [0.15, 0.2) is 58.6 Å². The van der Waals surface area contributed by atoms with Gasteiger partial charge in [0, 0.05) is 12.4 Å². The van der Waals surface area contributed by atoms with Gasteiger partial charge in [0.25, 0.3) is 0 Å². The average Bonchev–Trinajstić information content (AvgIpc) is 3.16. The van der Waals surface area contributed by atoms with Gasteiger partial charge in [-0.2, -0.15) is 0 Å². The molecule has 0 saturated heterocycles. The van der Waals surface area contributed by atoms with Gasteiger partial charge in [-0.3, -0.25) is 0 Å². The quantitative estimate of drug-likeness (QED) is 0.419. The number of pyridine rings is 1. The first-order valence-corrected chi connectivity index (χ1v) is 12.5. The second-order valence-electron chi connectivity index (χ2n) is 7.98. The molecule has 2 heterocycles. The molecule has 1 aromatic carbocycles. The summed E-state index contributed by atoms with van der Waals surface area (Å²) in [7, 11) is -3.63. The molecule has 2 aromatic heterocycles. The molecule has 32 heavy (non-hydrogen) atoms. The topological polar surface area (TPSA) is 73.8 Å². The van der Waals surface area contributed by atoms with Gasteiger partial charge in [0.2, 0.25) is 9.84 Å². The smallest absolute Gasteiger partial charge is 0.209 e. The van der Waals surface area contributed by atoms with Crippen LogP contribution in [0.2, 0.25) is 0 Å². The number of unbranched alkanes of at least 4 members (excludes halogenated alkanes) is 1. The van der Waals surface area contributed by atoms with Gasteiger partial charge < -0.3 is 14.9 Å². The van der Waals surface area contributed by atoms with E-state index in [-0.39, 0.29) is 18.3 Å². The number of ether oxygens (including phenoxy) is 1. The second-order valence-corrected chi connectivity index (χ2v) is 9.87. The number of hydrogen-bond donors (Lipinski definition) is 1. The molecule has 0 bridgehead atoms. The van der Waals surface area contributed by atoms with Crippen LogP contribution in [0, 0.1) is 6.92 Å². The van der Waals surface area contributed by atoms with Gasteiger partial charge in [-0.05, 0) is 73.7 Å². The molecule has 0 amide bonds. The monoisotopic (exact) mass is 480 g/mol. The van der Waals surface area contributed by atoms with Crippen molar-refractivity contribution >= 4 is 27.8 Å². The van der Waals surface area contributed by atoms with Crippen LogP contribution in [0.3, 0.4) is 0 Å². The fraction of sp³-hybridized carbons (Fsp3) is 0.440. The van der Waals surface area contributed by atoms with Gasteiger partial charge in [-0.1, -0.05) is 40.2 Å². The number of nitrogens with two attached hydrogens (primary N) is 1. The number of halogens is 1. The van der Waals surface area contributed by atoms with E-state index in [2.05, 4.69) is 6.92 Å². The highest BCUT2D eigenvalue weighted by Crippen LogP contribution is 2.35. The molecule has 0 atom stereocenters. The van der Waals surface area contributed by atoms with Crippen LogP contribution in [0.5, 0.6) is 5.75 Å². The minimum absolute atomic E-state index is 0. The molecule has 0 unspecified atom stereocenters. The molecular formula is C25H37ClN2O3S. The fourth-order valence-corrected chi connectivity index (χ4v) is 5.19. The van der Waals surface area contributed by atoms with Crippen LogP contribution in [-0.4, -0.2) is 26.0 Å². The maximum absolute atomic E-state index is 13.5. The van der Waals surface area contributed by atoms with Crippen molar-refractivity contribution in [3.8, 4) is 5.75 Å². The predicted octanol–water partition coefficient (Wildman–Crippen LogP) is 6.16. The zero-order valence-corrected chi connectivity index (χ0v) is 21.4. The number of nitrogens with zero attached hydrogens (tertiary/aromatic N) is 1. The molecule has 0 saturated carbocycles. The summed E-state index contributed by atoms with van der Waals surface area (Å²) in [5.74, 6) is 0.791. The van der Waals surface area contributed by atoms with Crippen LogP contribution in [-0.2, 0) is 9.84 Å². The minimum Gasteiger partial charge on any atom is -0.494 e. The third-order valence-electron chi connectivity index (χ3n) is 5.04. The fourth-order valence-electron chi connectivity index (χ4n) is 3.34. The number of fused-ring (bicyclic) bond motifs is 1. The highest BCUT2D eigenvalue weighted by Gasteiger charge is 2.28. The van der Waals surface area contributed by atoms with Gasteiger partial charge >= 0.3 is 0 Å². The van der Waals surface area contributed by atoms with Crippen LogP contribution in [0.1, 0.15) is 64.0 Å². The van der Waals surface area contributed by atoms with Gasteiger partial charge in [-0.25, -0.2) is 8.42 Å². The summed E-state index contributed by atoms with van der Waals surface area (Å²) in [6.45, 7) is 11.6. The van der Waals surface area contributed by atoms with E-state index in [1.54, 1.807) is 24.3 Å². The van der Waals surface area contributed by atoms with Crippen molar-refractivity contribution in [3.63, 3.8) is 0 Å². The van der Waals surface area contributed by atoms with Crippen LogP contribution >= 0.6 is 12.4 Å². The van der Waals surface area contributed by atoms with Gasteiger partial charge in [0.1, 0.15) is 10.6 Å². The summed E-state index contributed by atoms with van der Waals surface area (Å²) in [6.07, 6.45) is 7.12. The number of sulfone groups is 1. The lowest BCUT2D eigenvalue weighted by Crippen LogP contribution is -2.06. The number of benzene rings is 1. The van der Waals surface area contributed by atoms with E-state index in [1.807, 2.05) is 56.6 Å². The van der Waals surface area contributed by atoms with E-state index in [4.69, 9.17) is 10.5 Å². The van der Waals surface area contributed by atoms with Crippen LogP contribution in [0.4, 0.5) is 0 Å². The van der Waals surface area contributed by atoms with Crippen molar-refractivity contribution < 1.29 is 13.2 Å². The predicted molar refractivity (Wildman–Crippen MR) is 135 cm³/mol. The van der Waals surface area contributed by atoms with Crippen LogP contribution in [0.25, 0.3) is 5.52 Å². The molecule has 3 aromatic rings. The molecule has 5 nitrogen and oxygen atoms in total. The Kier molecular flexibility index (Phi) is 11.3. The lowest BCUT2D eigenvalue weighted by Gasteiger charge is -2.11. The molecule has 3 rings (SSSR count). The normalized spacial score (nSPS) is 11.1. The van der Waals surface area contributed by atoms with E-state index in [1.165, 1.54) is 12.8 Å². The second kappa shape index (κ2) is 12.9. The Morgan fingerprint density at radius 2 is 1.72 bits per heavy atom. The van der Waals surface area contributed by atoms with Crippen molar-refractivity contribution in [2.75, 3.05) is 13.2 Å². The number of aromatic nitrogens is 1. The maximum atomic E-state index is 13.5. The maximum Gasteiger partial charge on any atom is 0.209 e. The van der Waals surface area contributed by atoms with Crippen molar-refractivity contribution in [2.45, 2.75) is 69.6 Å². The van der Waals surface area contributed by atoms with Crippen molar-refractivity contribution in [3.05, 3.63) is 59.9 Å². The molecule has 7 heteroatoms. The first-order valence-electron chi connectivity index (χ1n) is 11.1. The Morgan fingerprint density at radius 3 is 2.22 bits per heavy atom. The number of aryl methyl sites for hydroxylation is 1. The zero-order valence-electron chi connectivity index (χ0n) is 19.8. The Hall–Kier alpha value is -2.02. The van der Waals surface area contributed by atoms with E-state index < -0.39 is 9.84 Å². The summed E-state index contributed by atoms with van der Waals surface area (Å²) < 4.78 is 34.4. The minimum atomic E-state index is -3.63. The third-order valence-corrected chi connectivity index (χ3v) is 6.89. The highest BCUT2D eigenvalue weighted by molar-refractivity contribution is 7.91. The summed E-state index contributed by atoms with van der Waals surface area (Å²) in [5, 5.41) is 0. The first-order chi connectivity index (χ1) is 14.8. The SMILES string of the molecule is CCCCN.CCCOc1ccc(S(=O)(=O)c2c(C(C)C)cn3cccc(C)c23)cc1.Cl. The molecule has 0 aliphatic heterocycles. The summed E-state index contributed by atoms with van der Waals surface area (Å²) in [6, 6.07) is 10.6. The Labute approximate surface area is 199 Å². The van der Waals surface area contributed by atoms with Gasteiger partial charge in [0.05, 0.1) is 17.0 Å². The standard InChI is InChI=1S/C21H25NO3S.C4H11N.ClH/c1-5-13-25-17-8-10-18(11-9-17)26(23,24)21-19(15(2)3)14-22-12-6-7-16(4)20(21)22;1-2-3-4-5;/h6-12,14-15H,5,13H2,1-4H3;2-5H2,1H3;1H. The third kappa shape index (κ3) is 6.50. The van der Waals surface area contributed by atoms with E-state index in [0.717, 1.165) is 29.6 Å². The number of hydrogen-bond acceptors (Lipinski definition) is 4. The molecule has 2 N–H and O–H groups in total. The summed E-state index contributed by atoms with van der Waals surface area (Å²) >= 11 is 0. The lowest BCUT2D eigenvalue weighted by molar-refractivity contribution is 0.317.